The molecular weight excluding hydrogens is 355 g/mol. The summed E-state index contributed by atoms with van der Waals surface area (Å²) in [6.45, 7) is 2.33. The van der Waals surface area contributed by atoms with Crippen LogP contribution in [0.1, 0.15) is 25.3 Å². The van der Waals surface area contributed by atoms with Gasteiger partial charge in [-0.25, -0.2) is 19.3 Å². The molecule has 0 amide bonds. The lowest BCUT2D eigenvalue weighted by Gasteiger charge is -2.41. The molecule has 27 heavy (non-hydrogen) atoms. The molecule has 8 nitrogen and oxygen atoms in total. The molecular formula is C18H17FN4O4. The van der Waals surface area contributed by atoms with Gasteiger partial charge in [-0.2, -0.15) is 0 Å². The zero-order chi connectivity index (χ0) is 18.9. The molecule has 1 N–H and O–H groups in total. The average molecular weight is 372 g/mol. The Bertz CT molecular complexity index is 925. The molecule has 3 aromatic rings. The van der Waals surface area contributed by atoms with Gasteiger partial charge < -0.3 is 19.1 Å². The van der Waals surface area contributed by atoms with E-state index in [-0.39, 0.29) is 24.8 Å². The molecule has 3 aromatic heterocycles. The number of hydrogen-bond donors (Lipinski definition) is 1. The van der Waals surface area contributed by atoms with Crippen molar-refractivity contribution in [1.82, 2.24) is 20.1 Å². The molecule has 0 aliphatic heterocycles. The normalized spacial score (nSPS) is 21.5. The fourth-order valence-corrected chi connectivity index (χ4v) is 2.96. The second-order valence-electron chi connectivity index (χ2n) is 6.22. The van der Waals surface area contributed by atoms with Crippen molar-refractivity contribution < 1.29 is 23.5 Å². The summed E-state index contributed by atoms with van der Waals surface area (Å²) in [4.78, 5) is 12.3. The quantitative estimate of drug-likeness (QED) is 0.704. The average Bonchev–Trinajstić information content (AvgIpc) is 3.08. The Labute approximate surface area is 154 Å². The van der Waals surface area contributed by atoms with Gasteiger partial charge in [-0.05, 0) is 23.7 Å². The first kappa shape index (κ1) is 17.2. The summed E-state index contributed by atoms with van der Waals surface area (Å²) in [5.41, 5.74) is -0.527. The van der Waals surface area contributed by atoms with E-state index >= 15 is 4.39 Å². The van der Waals surface area contributed by atoms with Crippen LogP contribution < -0.4 is 9.47 Å². The van der Waals surface area contributed by atoms with Gasteiger partial charge in [0.05, 0.1) is 25.1 Å². The summed E-state index contributed by atoms with van der Waals surface area (Å²) >= 11 is 0. The standard InChI is InChI=1S/C18H17FN4O4/c1-2-25-16-5-11(3-4-20-16)18(19)7-12(8-18)26-17-10-21-13(9-22-17)14-6-15(24)23-27-14/h3-6,9-10,12H,2,7-8H2,1H3,(H,23,24). The number of nitrogens with zero attached hydrogens (tertiary/aromatic N) is 4. The molecule has 1 aliphatic rings. The Balaban J connectivity index is 1.38. The van der Waals surface area contributed by atoms with E-state index < -0.39 is 5.67 Å². The van der Waals surface area contributed by atoms with E-state index in [0.717, 1.165) is 0 Å². The third-order valence-corrected chi connectivity index (χ3v) is 4.31. The predicted octanol–water partition coefficient (Wildman–Crippen LogP) is 3.04. The van der Waals surface area contributed by atoms with Crippen LogP contribution in [0.4, 0.5) is 4.39 Å². The smallest absolute Gasteiger partial charge is 0.252 e. The predicted molar refractivity (Wildman–Crippen MR) is 91.0 cm³/mol. The van der Waals surface area contributed by atoms with Gasteiger partial charge >= 0.3 is 0 Å². The summed E-state index contributed by atoms with van der Waals surface area (Å²) in [5, 5.41) is 12.6. The van der Waals surface area contributed by atoms with Gasteiger partial charge in [0.1, 0.15) is 17.5 Å². The van der Waals surface area contributed by atoms with Crippen LogP contribution in [0.2, 0.25) is 0 Å². The number of rotatable bonds is 6. The van der Waals surface area contributed by atoms with Crippen LogP contribution in [0.15, 0.2) is 41.3 Å². The highest BCUT2D eigenvalue weighted by Crippen LogP contribution is 2.47. The van der Waals surface area contributed by atoms with Gasteiger partial charge in [0, 0.05) is 25.1 Å². The largest absolute Gasteiger partial charge is 0.491 e. The van der Waals surface area contributed by atoms with Crippen LogP contribution >= 0.6 is 0 Å². The first-order valence-corrected chi connectivity index (χ1v) is 8.49. The molecule has 140 valence electrons. The highest BCUT2D eigenvalue weighted by molar-refractivity contribution is 5.51. The van der Waals surface area contributed by atoms with E-state index in [0.29, 0.717) is 35.4 Å². The molecule has 0 unspecified atom stereocenters. The van der Waals surface area contributed by atoms with Gasteiger partial charge in [0.2, 0.25) is 11.8 Å². The van der Waals surface area contributed by atoms with E-state index in [1.165, 1.54) is 18.5 Å². The summed E-state index contributed by atoms with van der Waals surface area (Å²) < 4.78 is 31.0. The molecule has 1 aliphatic carbocycles. The van der Waals surface area contributed by atoms with E-state index in [1.807, 2.05) is 6.92 Å². The van der Waals surface area contributed by atoms with Crippen LogP contribution in [0, 0.1) is 0 Å². The number of hydrogen-bond acceptors (Lipinski definition) is 8. The Morgan fingerprint density at radius 2 is 2.07 bits per heavy atom. The molecule has 1 fully saturated rings. The van der Waals surface area contributed by atoms with Crippen LogP contribution in [0.3, 0.4) is 0 Å². The molecule has 0 saturated heterocycles. The first-order chi connectivity index (χ1) is 13.1. The molecule has 0 atom stereocenters. The molecule has 1 saturated carbocycles. The molecule has 0 bridgehead atoms. The fourth-order valence-electron chi connectivity index (χ4n) is 2.96. The molecule has 0 spiro atoms. The van der Waals surface area contributed by atoms with Gasteiger partial charge in [-0.1, -0.05) is 0 Å². The van der Waals surface area contributed by atoms with Gasteiger partial charge in [0.15, 0.2) is 5.76 Å². The second-order valence-corrected chi connectivity index (χ2v) is 6.22. The van der Waals surface area contributed by atoms with E-state index in [4.69, 9.17) is 14.0 Å². The molecule has 0 aromatic carbocycles. The minimum atomic E-state index is -1.47. The Morgan fingerprint density at radius 1 is 1.22 bits per heavy atom. The summed E-state index contributed by atoms with van der Waals surface area (Å²) in [6, 6.07) is 4.61. The fraction of sp³-hybridized carbons (Fsp3) is 0.333. The van der Waals surface area contributed by atoms with Crippen molar-refractivity contribution in [2.45, 2.75) is 31.5 Å². The van der Waals surface area contributed by atoms with E-state index in [2.05, 4.69) is 20.1 Å². The van der Waals surface area contributed by atoms with E-state index in [1.54, 1.807) is 18.3 Å². The highest BCUT2D eigenvalue weighted by atomic mass is 19.1. The minimum absolute atomic E-state index is 0.210. The van der Waals surface area contributed by atoms with Crippen molar-refractivity contribution in [3.8, 4) is 29.1 Å². The monoisotopic (exact) mass is 372 g/mol. The Morgan fingerprint density at radius 3 is 2.74 bits per heavy atom. The lowest BCUT2D eigenvalue weighted by Crippen LogP contribution is -2.44. The first-order valence-electron chi connectivity index (χ1n) is 8.49. The molecule has 4 rings (SSSR count). The maximum atomic E-state index is 15.1. The molecule has 9 heteroatoms. The minimum Gasteiger partial charge on any atom is -0.491 e. The number of halogens is 1. The number of ether oxygens (including phenoxy) is 2. The molecule has 3 heterocycles. The van der Waals surface area contributed by atoms with Crippen molar-refractivity contribution in [1.29, 1.82) is 0 Å². The molecule has 0 radical (unpaired) electrons. The van der Waals surface area contributed by atoms with Gasteiger partial charge in [-0.3, -0.25) is 0 Å². The van der Waals surface area contributed by atoms with Crippen LogP contribution in [-0.4, -0.2) is 37.9 Å². The second kappa shape index (κ2) is 6.82. The van der Waals surface area contributed by atoms with Gasteiger partial charge in [-0.15, -0.1) is 0 Å². The van der Waals surface area contributed by atoms with Crippen LogP contribution in [0.25, 0.3) is 11.5 Å². The summed E-state index contributed by atoms with van der Waals surface area (Å²) in [6.07, 6.45) is 4.53. The Kier molecular flexibility index (Phi) is 4.35. The maximum absolute atomic E-state index is 15.1. The van der Waals surface area contributed by atoms with E-state index in [9.17, 15) is 5.11 Å². The zero-order valence-corrected chi connectivity index (χ0v) is 14.5. The van der Waals surface area contributed by atoms with Crippen molar-refractivity contribution in [3.05, 3.63) is 42.4 Å². The van der Waals surface area contributed by atoms with Crippen molar-refractivity contribution in [2.75, 3.05) is 6.61 Å². The third-order valence-electron chi connectivity index (χ3n) is 4.31. The SMILES string of the molecule is CCOc1cc(C2(F)CC(Oc3cnc(-c4cc(O)no4)cn3)C2)ccn1. The van der Waals surface area contributed by atoms with Crippen LogP contribution in [-0.2, 0) is 5.67 Å². The maximum Gasteiger partial charge on any atom is 0.252 e. The third kappa shape index (κ3) is 3.53. The lowest BCUT2D eigenvalue weighted by atomic mass is 9.74. The Hall–Kier alpha value is -3.23. The number of pyridine rings is 1. The number of aromatic hydroxyl groups is 1. The van der Waals surface area contributed by atoms with Crippen molar-refractivity contribution >= 4 is 0 Å². The number of aromatic nitrogens is 4. The topological polar surface area (TPSA) is 103 Å². The van der Waals surface area contributed by atoms with Crippen molar-refractivity contribution in [3.63, 3.8) is 0 Å². The van der Waals surface area contributed by atoms with Crippen LogP contribution in [0.5, 0.6) is 17.6 Å². The van der Waals surface area contributed by atoms with Gasteiger partial charge in [0.25, 0.3) is 5.88 Å². The summed E-state index contributed by atoms with van der Waals surface area (Å²) in [7, 11) is 0. The zero-order valence-electron chi connectivity index (χ0n) is 14.5. The lowest BCUT2D eigenvalue weighted by molar-refractivity contribution is -0.0489. The summed E-state index contributed by atoms with van der Waals surface area (Å²) in [5.74, 6) is 0.765. The van der Waals surface area contributed by atoms with Crippen molar-refractivity contribution in [2.24, 2.45) is 0 Å². The highest BCUT2D eigenvalue weighted by Gasteiger charge is 2.48. The number of alkyl halides is 1.